The molecule has 0 saturated heterocycles. The van der Waals surface area contributed by atoms with Crippen molar-refractivity contribution in [3.8, 4) is 5.75 Å². The molecule has 0 aromatic heterocycles. The lowest BCUT2D eigenvalue weighted by Gasteiger charge is -2.37. The fourth-order valence-corrected chi connectivity index (χ4v) is 2.92. The van der Waals surface area contributed by atoms with E-state index in [9.17, 15) is 0 Å². The SMILES string of the molecule is C1=CC2=CC=CC3c4ccccc4OC(=C1)C23. The largest absolute Gasteiger partial charge is 0.461 e. The quantitative estimate of drug-likeness (QED) is 0.647. The van der Waals surface area contributed by atoms with Crippen LogP contribution in [0.3, 0.4) is 0 Å². The molecule has 0 radical (unpaired) electrons. The summed E-state index contributed by atoms with van der Waals surface area (Å²) in [5.41, 5.74) is 2.65. The molecule has 0 amide bonds. The lowest BCUT2D eigenvalue weighted by Crippen LogP contribution is -2.26. The molecule has 0 N–H and O–H groups in total. The van der Waals surface area contributed by atoms with Crippen molar-refractivity contribution in [2.24, 2.45) is 5.92 Å². The fraction of sp³-hybridized carbons (Fsp3) is 0.125. The van der Waals surface area contributed by atoms with Gasteiger partial charge in [0.05, 0.1) is 5.92 Å². The molecule has 0 saturated carbocycles. The van der Waals surface area contributed by atoms with Crippen molar-refractivity contribution in [3.05, 3.63) is 77.6 Å². The molecule has 1 aromatic carbocycles. The fourth-order valence-electron chi connectivity index (χ4n) is 2.92. The Kier molecular flexibility index (Phi) is 1.72. The predicted octanol–water partition coefficient (Wildman–Crippen LogP) is 3.73. The van der Waals surface area contributed by atoms with E-state index >= 15 is 0 Å². The maximum absolute atomic E-state index is 6.01. The van der Waals surface area contributed by atoms with Crippen LogP contribution in [0, 0.1) is 5.92 Å². The van der Waals surface area contributed by atoms with Gasteiger partial charge in [0.2, 0.25) is 0 Å². The Bertz CT molecular complexity index is 602. The predicted molar refractivity (Wildman–Crippen MR) is 67.7 cm³/mol. The summed E-state index contributed by atoms with van der Waals surface area (Å²) in [7, 11) is 0. The summed E-state index contributed by atoms with van der Waals surface area (Å²) >= 11 is 0. The zero-order chi connectivity index (χ0) is 11.2. The Morgan fingerprint density at radius 2 is 1.94 bits per heavy atom. The number of ether oxygens (including phenoxy) is 1. The van der Waals surface area contributed by atoms with E-state index in [1.54, 1.807) is 0 Å². The van der Waals surface area contributed by atoms with Crippen molar-refractivity contribution < 1.29 is 4.74 Å². The van der Waals surface area contributed by atoms with Gasteiger partial charge in [0.15, 0.2) is 0 Å². The smallest absolute Gasteiger partial charge is 0.130 e. The lowest BCUT2D eigenvalue weighted by molar-refractivity contribution is 0.319. The standard InChI is InChI=1S/C16H12O/c1-2-9-14-12(7-1)13-8-3-5-11-6-4-10-15(17-14)16(11)13/h1-10,13,16H. The Hall–Kier alpha value is -2.02. The summed E-state index contributed by atoms with van der Waals surface area (Å²) in [5, 5.41) is 0. The normalized spacial score (nSPS) is 27.5. The molecule has 1 heteroatoms. The van der Waals surface area contributed by atoms with Gasteiger partial charge in [-0.2, -0.15) is 0 Å². The van der Waals surface area contributed by atoms with Gasteiger partial charge in [-0.15, -0.1) is 0 Å². The molecular formula is C16H12O. The van der Waals surface area contributed by atoms with Crippen molar-refractivity contribution in [3.63, 3.8) is 0 Å². The molecule has 1 aromatic rings. The first-order chi connectivity index (χ1) is 8.43. The number of para-hydroxylation sites is 1. The van der Waals surface area contributed by atoms with Crippen LogP contribution in [-0.4, -0.2) is 0 Å². The van der Waals surface area contributed by atoms with Gasteiger partial charge in [0, 0.05) is 11.5 Å². The average molecular weight is 220 g/mol. The molecular weight excluding hydrogens is 208 g/mol. The van der Waals surface area contributed by atoms with Crippen LogP contribution in [0.5, 0.6) is 5.75 Å². The number of fused-ring (bicyclic) bond motifs is 2. The monoisotopic (exact) mass is 220 g/mol. The Morgan fingerprint density at radius 1 is 1.00 bits per heavy atom. The minimum Gasteiger partial charge on any atom is -0.461 e. The molecule has 4 rings (SSSR count). The first-order valence-corrected chi connectivity index (χ1v) is 5.97. The number of benzene rings is 1. The third-order valence-corrected chi connectivity index (χ3v) is 3.69. The molecule has 2 unspecified atom stereocenters. The number of hydrogen-bond acceptors (Lipinski definition) is 1. The van der Waals surface area contributed by atoms with Crippen molar-refractivity contribution in [1.29, 1.82) is 0 Å². The van der Waals surface area contributed by atoms with Crippen molar-refractivity contribution in [2.45, 2.75) is 5.92 Å². The summed E-state index contributed by atoms with van der Waals surface area (Å²) in [5.74, 6) is 2.88. The zero-order valence-corrected chi connectivity index (χ0v) is 9.34. The molecule has 3 aliphatic rings. The van der Waals surface area contributed by atoms with Gasteiger partial charge >= 0.3 is 0 Å². The second-order valence-corrected chi connectivity index (χ2v) is 4.62. The van der Waals surface area contributed by atoms with Crippen LogP contribution >= 0.6 is 0 Å². The van der Waals surface area contributed by atoms with E-state index in [1.165, 1.54) is 11.1 Å². The molecule has 0 spiro atoms. The third-order valence-electron chi connectivity index (χ3n) is 3.69. The molecule has 1 aliphatic heterocycles. The third kappa shape index (κ3) is 1.19. The highest BCUT2D eigenvalue weighted by molar-refractivity contribution is 5.53. The van der Waals surface area contributed by atoms with Gasteiger partial charge in [0.25, 0.3) is 0 Å². The molecule has 2 atom stereocenters. The number of allylic oxidation sites excluding steroid dienone is 7. The summed E-state index contributed by atoms with van der Waals surface area (Å²) in [6.07, 6.45) is 13.0. The van der Waals surface area contributed by atoms with Gasteiger partial charge in [-0.1, -0.05) is 48.6 Å². The second-order valence-electron chi connectivity index (χ2n) is 4.62. The summed E-state index contributed by atoms with van der Waals surface area (Å²) in [6, 6.07) is 8.34. The van der Waals surface area contributed by atoms with Crippen LogP contribution in [0.1, 0.15) is 11.5 Å². The zero-order valence-electron chi connectivity index (χ0n) is 9.34. The molecule has 0 fully saturated rings. The van der Waals surface area contributed by atoms with E-state index in [0.717, 1.165) is 11.5 Å². The summed E-state index contributed by atoms with van der Waals surface area (Å²) in [4.78, 5) is 0. The summed E-state index contributed by atoms with van der Waals surface area (Å²) in [6.45, 7) is 0. The number of hydrogen-bond donors (Lipinski definition) is 0. The molecule has 82 valence electrons. The van der Waals surface area contributed by atoms with Crippen LogP contribution in [0.2, 0.25) is 0 Å². The topological polar surface area (TPSA) is 9.23 Å². The number of rotatable bonds is 0. The van der Waals surface area contributed by atoms with E-state index in [2.05, 4.69) is 54.7 Å². The van der Waals surface area contributed by atoms with Crippen molar-refractivity contribution in [2.75, 3.05) is 0 Å². The van der Waals surface area contributed by atoms with E-state index in [0.29, 0.717) is 11.8 Å². The van der Waals surface area contributed by atoms with Crippen LogP contribution in [0.15, 0.2) is 72.1 Å². The lowest BCUT2D eigenvalue weighted by atomic mass is 9.73. The molecule has 1 nitrogen and oxygen atoms in total. The minimum atomic E-state index is 0.375. The van der Waals surface area contributed by atoms with Crippen molar-refractivity contribution in [1.82, 2.24) is 0 Å². The van der Waals surface area contributed by atoms with E-state index in [1.807, 2.05) is 6.07 Å². The van der Waals surface area contributed by atoms with E-state index in [-0.39, 0.29) is 0 Å². The van der Waals surface area contributed by atoms with Crippen LogP contribution in [0.25, 0.3) is 0 Å². The average Bonchev–Trinajstić information content (AvgIpc) is 2.39. The van der Waals surface area contributed by atoms with Gasteiger partial charge < -0.3 is 4.74 Å². The van der Waals surface area contributed by atoms with Gasteiger partial charge in [-0.3, -0.25) is 0 Å². The Labute approximate surface area is 100 Å². The molecule has 0 bridgehead atoms. The highest BCUT2D eigenvalue weighted by atomic mass is 16.5. The second kappa shape index (κ2) is 3.24. The Balaban J connectivity index is 1.96. The first-order valence-electron chi connectivity index (χ1n) is 5.97. The van der Waals surface area contributed by atoms with Crippen LogP contribution < -0.4 is 4.74 Å². The first kappa shape index (κ1) is 9.06. The van der Waals surface area contributed by atoms with Gasteiger partial charge in [-0.25, -0.2) is 0 Å². The minimum absolute atomic E-state index is 0.375. The maximum Gasteiger partial charge on any atom is 0.130 e. The molecule has 2 aliphatic carbocycles. The highest BCUT2D eigenvalue weighted by Crippen LogP contribution is 2.48. The van der Waals surface area contributed by atoms with Crippen LogP contribution in [0.4, 0.5) is 0 Å². The van der Waals surface area contributed by atoms with Gasteiger partial charge in [0.1, 0.15) is 11.5 Å². The van der Waals surface area contributed by atoms with Gasteiger partial charge in [-0.05, 0) is 17.7 Å². The molecule has 17 heavy (non-hydrogen) atoms. The highest BCUT2D eigenvalue weighted by Gasteiger charge is 2.36. The van der Waals surface area contributed by atoms with Crippen molar-refractivity contribution >= 4 is 0 Å². The summed E-state index contributed by atoms with van der Waals surface area (Å²) < 4.78 is 6.01. The molecule has 1 heterocycles. The van der Waals surface area contributed by atoms with Crippen LogP contribution in [-0.2, 0) is 0 Å². The Morgan fingerprint density at radius 3 is 2.94 bits per heavy atom. The van der Waals surface area contributed by atoms with E-state index in [4.69, 9.17) is 4.74 Å². The van der Waals surface area contributed by atoms with E-state index < -0.39 is 0 Å². The maximum atomic E-state index is 6.01.